The average molecular weight is 430 g/mol. The number of methoxy groups -OCH3 is 1. The van der Waals surface area contributed by atoms with Crippen LogP contribution < -0.4 is 15.7 Å². The Bertz CT molecular complexity index is 1420. The number of fused-ring (bicyclic) bond motifs is 1. The van der Waals surface area contributed by atoms with Crippen molar-refractivity contribution in [1.82, 2.24) is 0 Å². The van der Waals surface area contributed by atoms with Crippen molar-refractivity contribution in [1.29, 1.82) is 0 Å². The molecule has 0 saturated heterocycles. The van der Waals surface area contributed by atoms with Gasteiger partial charge in [0.25, 0.3) is 11.6 Å². The molecule has 0 saturated carbocycles. The number of nitro groups is 1. The van der Waals surface area contributed by atoms with Gasteiger partial charge in [-0.1, -0.05) is 18.2 Å². The summed E-state index contributed by atoms with van der Waals surface area (Å²) in [7, 11) is 1.47. The van der Waals surface area contributed by atoms with Crippen LogP contribution in [0.2, 0.25) is 0 Å². The number of rotatable bonds is 5. The number of benzene rings is 3. The summed E-state index contributed by atoms with van der Waals surface area (Å²) in [6.07, 6.45) is 0. The number of nitrogens with zero attached hydrogens (tertiary/aromatic N) is 1. The fourth-order valence-corrected chi connectivity index (χ4v) is 3.45. The zero-order chi connectivity index (χ0) is 22.8. The van der Waals surface area contributed by atoms with Crippen LogP contribution in [0.5, 0.6) is 5.75 Å². The molecule has 0 aliphatic carbocycles. The molecule has 8 heteroatoms. The molecule has 1 N–H and O–H groups in total. The molecule has 0 aliphatic heterocycles. The standard InChI is InChI=1S/C24H18N2O6/c1-14-11-16(7-10-20(14)26(29)30)23(27)25-17-8-9-18(22(13-17)31-2)19-12-15-5-3-4-6-21(15)32-24(19)28/h3-13H,1-2H3,(H,25,27). The smallest absolute Gasteiger partial charge is 0.344 e. The van der Waals surface area contributed by atoms with Crippen molar-refractivity contribution in [2.45, 2.75) is 6.92 Å². The van der Waals surface area contributed by atoms with Crippen LogP contribution in [0.3, 0.4) is 0 Å². The van der Waals surface area contributed by atoms with E-state index in [0.29, 0.717) is 33.7 Å². The Morgan fingerprint density at radius 3 is 2.53 bits per heavy atom. The lowest BCUT2D eigenvalue weighted by Crippen LogP contribution is -2.12. The van der Waals surface area contributed by atoms with Gasteiger partial charge in [0, 0.05) is 39.9 Å². The van der Waals surface area contributed by atoms with Gasteiger partial charge in [0.2, 0.25) is 0 Å². The summed E-state index contributed by atoms with van der Waals surface area (Å²) in [5.41, 5.74) is 1.91. The van der Waals surface area contributed by atoms with Crippen LogP contribution in [0.25, 0.3) is 22.1 Å². The molecular weight excluding hydrogens is 412 g/mol. The third kappa shape index (κ3) is 3.93. The molecule has 160 valence electrons. The molecule has 0 aliphatic rings. The Kier molecular flexibility index (Phi) is 5.43. The highest BCUT2D eigenvalue weighted by Gasteiger charge is 2.16. The van der Waals surface area contributed by atoms with Gasteiger partial charge in [-0.25, -0.2) is 4.79 Å². The molecule has 1 heterocycles. The normalized spacial score (nSPS) is 10.7. The van der Waals surface area contributed by atoms with Crippen molar-refractivity contribution >= 4 is 28.3 Å². The van der Waals surface area contributed by atoms with E-state index in [9.17, 15) is 19.7 Å². The number of nitro benzene ring substituents is 1. The monoisotopic (exact) mass is 430 g/mol. The SMILES string of the molecule is COc1cc(NC(=O)c2ccc([N+](=O)[O-])c(C)c2)ccc1-c1cc2ccccc2oc1=O. The summed E-state index contributed by atoms with van der Waals surface area (Å²) in [5, 5.41) is 14.5. The van der Waals surface area contributed by atoms with E-state index >= 15 is 0 Å². The lowest BCUT2D eigenvalue weighted by molar-refractivity contribution is -0.385. The van der Waals surface area contributed by atoms with Gasteiger partial charge in [-0.3, -0.25) is 14.9 Å². The number of hydrogen-bond donors (Lipinski definition) is 1. The Hall–Kier alpha value is -4.46. The molecule has 1 aromatic heterocycles. The Labute approximate surface area is 182 Å². The minimum atomic E-state index is -0.500. The lowest BCUT2D eigenvalue weighted by atomic mass is 10.0. The topological polar surface area (TPSA) is 112 Å². The minimum absolute atomic E-state index is 0.0539. The van der Waals surface area contributed by atoms with Gasteiger partial charge in [0.1, 0.15) is 11.3 Å². The van der Waals surface area contributed by atoms with Crippen LogP contribution in [0.1, 0.15) is 15.9 Å². The number of para-hydroxylation sites is 1. The van der Waals surface area contributed by atoms with Crippen LogP contribution >= 0.6 is 0 Å². The van der Waals surface area contributed by atoms with Crippen molar-refractivity contribution in [3.8, 4) is 16.9 Å². The minimum Gasteiger partial charge on any atom is -0.496 e. The highest BCUT2D eigenvalue weighted by Crippen LogP contribution is 2.32. The zero-order valence-electron chi connectivity index (χ0n) is 17.2. The number of ether oxygens (including phenoxy) is 1. The average Bonchev–Trinajstić information content (AvgIpc) is 2.78. The third-order valence-electron chi connectivity index (χ3n) is 5.05. The van der Waals surface area contributed by atoms with Crippen LogP contribution in [-0.4, -0.2) is 17.9 Å². The van der Waals surface area contributed by atoms with Crippen LogP contribution in [0, 0.1) is 17.0 Å². The quantitative estimate of drug-likeness (QED) is 0.273. The largest absolute Gasteiger partial charge is 0.496 e. The van der Waals surface area contributed by atoms with E-state index < -0.39 is 16.5 Å². The molecule has 0 radical (unpaired) electrons. The Morgan fingerprint density at radius 1 is 1.03 bits per heavy atom. The summed E-state index contributed by atoms with van der Waals surface area (Å²) in [5.74, 6) is -0.0479. The lowest BCUT2D eigenvalue weighted by Gasteiger charge is -2.12. The first-order valence-corrected chi connectivity index (χ1v) is 9.65. The molecule has 4 aromatic rings. The molecule has 0 spiro atoms. The number of aryl methyl sites for hydroxylation is 1. The molecular formula is C24H18N2O6. The molecule has 0 unspecified atom stereocenters. The molecule has 0 fully saturated rings. The summed E-state index contributed by atoms with van der Waals surface area (Å²) in [6, 6.07) is 18.0. The fraction of sp³-hybridized carbons (Fsp3) is 0.0833. The summed E-state index contributed by atoms with van der Waals surface area (Å²) >= 11 is 0. The van der Waals surface area contributed by atoms with E-state index in [4.69, 9.17) is 9.15 Å². The van der Waals surface area contributed by atoms with E-state index in [2.05, 4.69) is 5.32 Å². The van der Waals surface area contributed by atoms with Crippen molar-refractivity contribution in [3.05, 3.63) is 98.4 Å². The van der Waals surface area contributed by atoms with E-state index in [-0.39, 0.29) is 11.3 Å². The Balaban J connectivity index is 1.65. The number of hydrogen-bond acceptors (Lipinski definition) is 6. The van der Waals surface area contributed by atoms with Crippen molar-refractivity contribution < 1.29 is 18.9 Å². The van der Waals surface area contributed by atoms with Crippen molar-refractivity contribution in [2.24, 2.45) is 0 Å². The number of carbonyl (C=O) groups is 1. The summed E-state index contributed by atoms with van der Waals surface area (Å²) in [6.45, 7) is 1.57. The number of anilines is 1. The first-order chi connectivity index (χ1) is 15.4. The van der Waals surface area contributed by atoms with Gasteiger partial charge in [-0.15, -0.1) is 0 Å². The first-order valence-electron chi connectivity index (χ1n) is 9.65. The highest BCUT2D eigenvalue weighted by atomic mass is 16.6. The highest BCUT2D eigenvalue weighted by molar-refractivity contribution is 6.04. The van der Waals surface area contributed by atoms with Gasteiger partial charge in [0.15, 0.2) is 0 Å². The summed E-state index contributed by atoms with van der Waals surface area (Å²) in [4.78, 5) is 35.6. The first kappa shape index (κ1) is 20.8. The third-order valence-corrected chi connectivity index (χ3v) is 5.05. The van der Waals surface area contributed by atoms with E-state index in [1.165, 1.54) is 25.3 Å². The molecule has 0 atom stereocenters. The molecule has 32 heavy (non-hydrogen) atoms. The van der Waals surface area contributed by atoms with Crippen molar-refractivity contribution in [3.63, 3.8) is 0 Å². The molecule has 8 nitrogen and oxygen atoms in total. The second-order valence-corrected chi connectivity index (χ2v) is 7.11. The molecule has 4 rings (SSSR count). The van der Waals surface area contributed by atoms with Gasteiger partial charge < -0.3 is 14.5 Å². The fourth-order valence-electron chi connectivity index (χ4n) is 3.45. The van der Waals surface area contributed by atoms with E-state index in [1.54, 1.807) is 43.3 Å². The predicted molar refractivity (Wildman–Crippen MR) is 120 cm³/mol. The zero-order valence-corrected chi connectivity index (χ0v) is 17.2. The summed E-state index contributed by atoms with van der Waals surface area (Å²) < 4.78 is 10.9. The molecule has 0 bridgehead atoms. The van der Waals surface area contributed by atoms with Crippen LogP contribution in [0.15, 0.2) is 75.9 Å². The van der Waals surface area contributed by atoms with Crippen LogP contribution in [0.4, 0.5) is 11.4 Å². The number of amides is 1. The van der Waals surface area contributed by atoms with Crippen LogP contribution in [-0.2, 0) is 0 Å². The number of nitrogens with one attached hydrogen (secondary N) is 1. The second-order valence-electron chi connectivity index (χ2n) is 7.11. The van der Waals surface area contributed by atoms with E-state index in [0.717, 1.165) is 5.39 Å². The maximum Gasteiger partial charge on any atom is 0.344 e. The van der Waals surface area contributed by atoms with Crippen molar-refractivity contribution in [2.75, 3.05) is 12.4 Å². The molecule has 1 amide bonds. The maximum absolute atomic E-state index is 12.6. The van der Waals surface area contributed by atoms with Gasteiger partial charge in [-0.05, 0) is 43.3 Å². The maximum atomic E-state index is 12.6. The number of carbonyl (C=O) groups excluding carboxylic acids is 1. The van der Waals surface area contributed by atoms with Gasteiger partial charge >= 0.3 is 5.63 Å². The second kappa shape index (κ2) is 8.35. The van der Waals surface area contributed by atoms with Gasteiger partial charge in [0.05, 0.1) is 17.6 Å². The predicted octanol–water partition coefficient (Wildman–Crippen LogP) is 4.94. The Morgan fingerprint density at radius 2 is 1.81 bits per heavy atom. The van der Waals surface area contributed by atoms with Gasteiger partial charge in [-0.2, -0.15) is 0 Å². The molecule has 3 aromatic carbocycles. The van der Waals surface area contributed by atoms with E-state index in [1.807, 2.05) is 12.1 Å².